The van der Waals surface area contributed by atoms with Crippen molar-refractivity contribution < 1.29 is 13.3 Å². The first-order valence-corrected chi connectivity index (χ1v) is 7.93. The van der Waals surface area contributed by atoms with Gasteiger partial charge in [0.25, 0.3) is 5.69 Å². The molecule has 0 bridgehead atoms. The molecule has 0 radical (unpaired) electrons. The Hall–Kier alpha value is -1.71. The molecule has 0 aliphatic heterocycles. The van der Waals surface area contributed by atoms with Gasteiger partial charge >= 0.3 is 0 Å². The van der Waals surface area contributed by atoms with Crippen LogP contribution in [0.3, 0.4) is 0 Å². The number of nitro benzene ring substituents is 1. The molecule has 0 saturated heterocycles. The lowest BCUT2D eigenvalue weighted by Gasteiger charge is -2.14. The highest BCUT2D eigenvalue weighted by Crippen LogP contribution is 2.26. The predicted molar refractivity (Wildman–Crippen MR) is 81.0 cm³/mol. The van der Waals surface area contributed by atoms with Gasteiger partial charge in [0, 0.05) is 31.8 Å². The summed E-state index contributed by atoms with van der Waals surface area (Å²) in [6.07, 6.45) is 0. The fourth-order valence-corrected chi connectivity index (χ4v) is 2.86. The summed E-state index contributed by atoms with van der Waals surface area (Å²) in [5.74, 6) is 0. The van der Waals surface area contributed by atoms with E-state index in [9.17, 15) is 18.5 Å². The highest BCUT2D eigenvalue weighted by molar-refractivity contribution is 7.89. The zero-order valence-electron chi connectivity index (χ0n) is 12.3. The number of nitrogens with one attached hydrogen (secondary N) is 2. The van der Waals surface area contributed by atoms with E-state index in [0.717, 1.165) is 0 Å². The van der Waals surface area contributed by atoms with Crippen LogP contribution in [0.4, 0.5) is 11.4 Å². The van der Waals surface area contributed by atoms with Crippen molar-refractivity contribution in [2.75, 3.05) is 39.0 Å². The van der Waals surface area contributed by atoms with Crippen LogP contribution in [0.1, 0.15) is 6.92 Å². The first-order chi connectivity index (χ1) is 9.77. The van der Waals surface area contributed by atoms with Crippen LogP contribution in [-0.4, -0.2) is 52.0 Å². The van der Waals surface area contributed by atoms with Gasteiger partial charge in [0.1, 0.15) is 4.90 Å². The summed E-state index contributed by atoms with van der Waals surface area (Å²) in [4.78, 5) is 12.1. The van der Waals surface area contributed by atoms with Crippen molar-refractivity contribution in [3.63, 3.8) is 0 Å². The molecule has 0 aliphatic rings. The fourth-order valence-electron chi connectivity index (χ4n) is 1.68. The second-order valence-corrected chi connectivity index (χ2v) is 6.40. The Kier molecular flexibility index (Phi) is 6.06. The van der Waals surface area contributed by atoms with Gasteiger partial charge in [0.05, 0.1) is 10.6 Å². The molecule has 0 fully saturated rings. The summed E-state index contributed by atoms with van der Waals surface area (Å²) in [5, 5.41) is 13.6. The van der Waals surface area contributed by atoms with E-state index >= 15 is 0 Å². The summed E-state index contributed by atoms with van der Waals surface area (Å²) >= 11 is 0. The Bertz CT molecular complexity index is 601. The van der Waals surface area contributed by atoms with E-state index < -0.39 is 14.9 Å². The molecule has 0 aromatic heterocycles. The van der Waals surface area contributed by atoms with Crippen LogP contribution in [0.5, 0.6) is 0 Å². The molecule has 0 atom stereocenters. The van der Waals surface area contributed by atoms with Crippen LogP contribution >= 0.6 is 0 Å². The van der Waals surface area contributed by atoms with E-state index in [1.165, 1.54) is 18.2 Å². The molecular weight excluding hydrogens is 296 g/mol. The number of anilines is 1. The highest BCUT2D eigenvalue weighted by Gasteiger charge is 2.20. The minimum Gasteiger partial charge on any atom is -0.384 e. The third-order valence-corrected chi connectivity index (χ3v) is 4.20. The Labute approximate surface area is 124 Å². The second-order valence-electron chi connectivity index (χ2n) is 4.67. The molecule has 0 amide bonds. The van der Waals surface area contributed by atoms with Crippen LogP contribution in [0.2, 0.25) is 0 Å². The number of non-ortho nitro benzene ring substituents is 1. The van der Waals surface area contributed by atoms with Gasteiger partial charge in [-0.3, -0.25) is 10.1 Å². The number of likely N-dealkylation sites (N-methyl/N-ethyl adjacent to an activating group) is 1. The molecule has 0 spiro atoms. The normalized spacial score (nSPS) is 11.6. The molecule has 9 heteroatoms. The van der Waals surface area contributed by atoms with Gasteiger partial charge in [0.2, 0.25) is 10.0 Å². The van der Waals surface area contributed by atoms with Gasteiger partial charge in [-0.1, -0.05) is 0 Å². The topological polar surface area (TPSA) is 105 Å². The lowest BCUT2D eigenvalue weighted by molar-refractivity contribution is -0.384. The number of nitrogens with zero attached hydrogens (tertiary/aromatic N) is 2. The van der Waals surface area contributed by atoms with Gasteiger partial charge in [-0.15, -0.1) is 0 Å². The van der Waals surface area contributed by atoms with Crippen molar-refractivity contribution in [3.8, 4) is 0 Å². The Morgan fingerprint density at radius 3 is 2.52 bits per heavy atom. The number of rotatable bonds is 8. The lowest BCUT2D eigenvalue weighted by Crippen LogP contribution is -2.31. The van der Waals surface area contributed by atoms with E-state index in [1.807, 2.05) is 19.0 Å². The summed E-state index contributed by atoms with van der Waals surface area (Å²) in [7, 11) is -0.0379. The van der Waals surface area contributed by atoms with Gasteiger partial charge in [0.15, 0.2) is 0 Å². The Balaban J connectivity index is 3.06. The average Bonchev–Trinajstić information content (AvgIpc) is 2.38. The highest BCUT2D eigenvalue weighted by atomic mass is 32.2. The van der Waals surface area contributed by atoms with Crippen molar-refractivity contribution in [1.82, 2.24) is 9.62 Å². The average molecular weight is 316 g/mol. The zero-order valence-corrected chi connectivity index (χ0v) is 13.1. The molecule has 21 heavy (non-hydrogen) atoms. The van der Waals surface area contributed by atoms with Crippen molar-refractivity contribution in [2.45, 2.75) is 11.8 Å². The smallest absolute Gasteiger partial charge is 0.271 e. The van der Waals surface area contributed by atoms with Crippen molar-refractivity contribution in [3.05, 3.63) is 28.3 Å². The van der Waals surface area contributed by atoms with Gasteiger partial charge in [-0.05, 0) is 27.1 Å². The van der Waals surface area contributed by atoms with Crippen molar-refractivity contribution in [1.29, 1.82) is 0 Å². The molecule has 2 N–H and O–H groups in total. The maximum atomic E-state index is 12.3. The third-order valence-electron chi connectivity index (χ3n) is 2.68. The molecule has 1 aromatic rings. The molecule has 0 heterocycles. The Morgan fingerprint density at radius 1 is 1.33 bits per heavy atom. The first kappa shape index (κ1) is 17.3. The second kappa shape index (κ2) is 7.34. The standard InChI is InChI=1S/C12H20N4O4S/c1-4-13-11-9-10(16(17)18)5-6-12(11)21(19,20)14-7-8-15(2)3/h5-6,9,13-14H,4,7-8H2,1-3H3. The van der Waals surface area contributed by atoms with E-state index in [-0.39, 0.29) is 22.8 Å². The molecule has 0 saturated carbocycles. The van der Waals surface area contributed by atoms with Crippen LogP contribution < -0.4 is 10.0 Å². The van der Waals surface area contributed by atoms with E-state index in [1.54, 1.807) is 6.92 Å². The summed E-state index contributed by atoms with van der Waals surface area (Å²) in [6.45, 7) is 3.07. The summed E-state index contributed by atoms with van der Waals surface area (Å²) in [6, 6.07) is 3.65. The van der Waals surface area contributed by atoms with Crippen molar-refractivity contribution >= 4 is 21.4 Å². The van der Waals surface area contributed by atoms with E-state index in [2.05, 4.69) is 10.0 Å². The van der Waals surface area contributed by atoms with Crippen LogP contribution in [0.25, 0.3) is 0 Å². The molecular formula is C12H20N4O4S. The molecule has 8 nitrogen and oxygen atoms in total. The maximum absolute atomic E-state index is 12.3. The monoisotopic (exact) mass is 316 g/mol. The lowest BCUT2D eigenvalue weighted by atomic mass is 10.3. The zero-order chi connectivity index (χ0) is 16.0. The van der Waals surface area contributed by atoms with Crippen LogP contribution in [0, 0.1) is 10.1 Å². The predicted octanol–water partition coefficient (Wildman–Crippen LogP) is 0.866. The number of nitro groups is 1. The summed E-state index contributed by atoms with van der Waals surface area (Å²) < 4.78 is 27.0. The van der Waals surface area contributed by atoms with E-state index in [0.29, 0.717) is 13.1 Å². The largest absolute Gasteiger partial charge is 0.384 e. The minimum atomic E-state index is -3.71. The number of benzene rings is 1. The molecule has 0 aliphatic carbocycles. The SMILES string of the molecule is CCNc1cc([N+](=O)[O-])ccc1S(=O)(=O)NCCN(C)C. The summed E-state index contributed by atoms with van der Waals surface area (Å²) in [5.41, 5.74) is 0.0715. The Morgan fingerprint density at radius 2 is 2.00 bits per heavy atom. The quantitative estimate of drug-likeness (QED) is 0.544. The molecule has 118 valence electrons. The fraction of sp³-hybridized carbons (Fsp3) is 0.500. The number of sulfonamides is 1. The van der Waals surface area contributed by atoms with Gasteiger partial charge < -0.3 is 10.2 Å². The van der Waals surface area contributed by atoms with Gasteiger partial charge in [-0.2, -0.15) is 0 Å². The molecule has 0 unspecified atom stereocenters. The van der Waals surface area contributed by atoms with E-state index in [4.69, 9.17) is 0 Å². The first-order valence-electron chi connectivity index (χ1n) is 6.44. The number of hydrogen-bond donors (Lipinski definition) is 2. The van der Waals surface area contributed by atoms with Crippen molar-refractivity contribution in [2.24, 2.45) is 0 Å². The van der Waals surface area contributed by atoms with Crippen LogP contribution in [-0.2, 0) is 10.0 Å². The van der Waals surface area contributed by atoms with Gasteiger partial charge in [-0.25, -0.2) is 13.1 Å². The molecule has 1 rings (SSSR count). The number of hydrogen-bond acceptors (Lipinski definition) is 6. The maximum Gasteiger partial charge on any atom is 0.271 e. The molecule has 1 aromatic carbocycles. The van der Waals surface area contributed by atoms with Crippen LogP contribution in [0.15, 0.2) is 23.1 Å². The minimum absolute atomic E-state index is 0.00806. The third kappa shape index (κ3) is 4.96.